The average Bonchev–Trinajstić information content (AvgIpc) is 2.68. The summed E-state index contributed by atoms with van der Waals surface area (Å²) >= 11 is 0. The van der Waals surface area contributed by atoms with Crippen molar-refractivity contribution in [1.29, 1.82) is 5.26 Å². The first-order valence-corrected chi connectivity index (χ1v) is 9.13. The van der Waals surface area contributed by atoms with E-state index in [4.69, 9.17) is 5.26 Å². The number of piperidine rings is 1. The third-order valence-electron chi connectivity index (χ3n) is 4.73. The maximum atomic E-state index is 9.65. The summed E-state index contributed by atoms with van der Waals surface area (Å²) in [5.41, 5.74) is 4.21. The van der Waals surface area contributed by atoms with Gasteiger partial charge in [-0.1, -0.05) is 42.5 Å². The minimum absolute atomic E-state index is 0.132. The number of nitriles is 1. The summed E-state index contributed by atoms with van der Waals surface area (Å²) in [5, 5.41) is 22.0. The van der Waals surface area contributed by atoms with Gasteiger partial charge in [-0.05, 0) is 42.2 Å². The Morgan fingerprint density at radius 3 is 2.58 bits per heavy atom. The van der Waals surface area contributed by atoms with Gasteiger partial charge in [-0.15, -0.1) is 0 Å². The fourth-order valence-corrected chi connectivity index (χ4v) is 3.18. The summed E-state index contributed by atoms with van der Waals surface area (Å²) in [6.07, 6.45) is 5.75. The molecule has 0 aromatic heterocycles. The zero-order chi connectivity index (χ0) is 18.2. The number of aliphatic hydroxyl groups excluding tert-OH is 1. The van der Waals surface area contributed by atoms with Crippen LogP contribution in [0.3, 0.4) is 0 Å². The molecule has 0 saturated carbocycles. The Kier molecular flexibility index (Phi) is 6.43. The van der Waals surface area contributed by atoms with Crippen LogP contribution in [0.15, 0.2) is 54.6 Å². The molecule has 0 aliphatic carbocycles. The Morgan fingerprint density at radius 2 is 1.85 bits per heavy atom. The van der Waals surface area contributed by atoms with Crippen molar-refractivity contribution in [2.24, 2.45) is 0 Å². The van der Waals surface area contributed by atoms with Gasteiger partial charge < -0.3 is 10.4 Å². The highest BCUT2D eigenvalue weighted by molar-refractivity contribution is 5.54. The van der Waals surface area contributed by atoms with Crippen molar-refractivity contribution in [3.8, 4) is 6.07 Å². The van der Waals surface area contributed by atoms with Gasteiger partial charge in [0.2, 0.25) is 0 Å². The van der Waals surface area contributed by atoms with Crippen LogP contribution in [0.2, 0.25) is 0 Å². The number of aliphatic hydroxyl groups is 1. The minimum Gasteiger partial charge on any atom is -0.393 e. The Labute approximate surface area is 155 Å². The highest BCUT2D eigenvalue weighted by atomic mass is 16.3. The van der Waals surface area contributed by atoms with E-state index in [2.05, 4.69) is 52.7 Å². The molecule has 1 heterocycles. The van der Waals surface area contributed by atoms with E-state index in [1.165, 1.54) is 5.56 Å². The first kappa shape index (κ1) is 18.2. The first-order valence-electron chi connectivity index (χ1n) is 9.13. The molecule has 1 aliphatic rings. The number of rotatable bonds is 6. The molecule has 134 valence electrons. The third kappa shape index (κ3) is 5.19. The lowest BCUT2D eigenvalue weighted by atomic mass is 10.1. The standard InChI is InChI=1S/C22H25N3O/c23-16-19-9-7-18(8-10-19)4-3-13-24-22-6-2-1-5-20(22)17-25-14-11-21(26)12-15-25/h1-10,21,24,26H,11-15,17H2/b4-3+. The molecule has 2 aromatic carbocycles. The van der Waals surface area contributed by atoms with Gasteiger partial charge in [-0.2, -0.15) is 5.26 Å². The molecule has 0 bridgehead atoms. The van der Waals surface area contributed by atoms with Crippen LogP contribution < -0.4 is 5.32 Å². The fraction of sp³-hybridized carbons (Fsp3) is 0.318. The summed E-state index contributed by atoms with van der Waals surface area (Å²) in [7, 11) is 0. The van der Waals surface area contributed by atoms with Crippen LogP contribution >= 0.6 is 0 Å². The van der Waals surface area contributed by atoms with Crippen LogP contribution in [-0.4, -0.2) is 35.7 Å². The second-order valence-electron chi connectivity index (χ2n) is 6.68. The highest BCUT2D eigenvalue weighted by Gasteiger charge is 2.17. The van der Waals surface area contributed by atoms with Gasteiger partial charge in [0.25, 0.3) is 0 Å². The molecule has 4 heteroatoms. The fourth-order valence-electron chi connectivity index (χ4n) is 3.18. The Hall–Kier alpha value is -2.61. The largest absolute Gasteiger partial charge is 0.393 e. The molecular formula is C22H25N3O. The smallest absolute Gasteiger partial charge is 0.0991 e. The van der Waals surface area contributed by atoms with Crippen LogP contribution in [0.5, 0.6) is 0 Å². The monoisotopic (exact) mass is 347 g/mol. The van der Waals surface area contributed by atoms with Gasteiger partial charge >= 0.3 is 0 Å². The number of hydrogen-bond acceptors (Lipinski definition) is 4. The zero-order valence-electron chi connectivity index (χ0n) is 14.9. The lowest BCUT2D eigenvalue weighted by molar-refractivity contribution is 0.0793. The average molecular weight is 347 g/mol. The van der Waals surface area contributed by atoms with E-state index >= 15 is 0 Å². The molecule has 0 spiro atoms. The summed E-state index contributed by atoms with van der Waals surface area (Å²) < 4.78 is 0. The van der Waals surface area contributed by atoms with Crippen LogP contribution in [0.25, 0.3) is 6.08 Å². The highest BCUT2D eigenvalue weighted by Crippen LogP contribution is 2.20. The SMILES string of the molecule is N#Cc1ccc(/C=C/CNc2ccccc2CN2CCC(O)CC2)cc1. The van der Waals surface area contributed by atoms with Crippen molar-refractivity contribution < 1.29 is 5.11 Å². The lowest BCUT2D eigenvalue weighted by Gasteiger charge is -2.30. The molecule has 0 radical (unpaired) electrons. The predicted octanol–water partition coefficient (Wildman–Crippen LogP) is 3.64. The topological polar surface area (TPSA) is 59.3 Å². The Bertz CT molecular complexity index is 769. The van der Waals surface area contributed by atoms with Gasteiger partial charge in [-0.25, -0.2) is 0 Å². The maximum Gasteiger partial charge on any atom is 0.0991 e. The number of benzene rings is 2. The summed E-state index contributed by atoms with van der Waals surface area (Å²) in [5.74, 6) is 0. The van der Waals surface area contributed by atoms with E-state index in [1.54, 1.807) is 0 Å². The van der Waals surface area contributed by atoms with E-state index in [-0.39, 0.29) is 6.10 Å². The van der Waals surface area contributed by atoms with Crippen molar-refractivity contribution in [1.82, 2.24) is 4.90 Å². The molecule has 4 nitrogen and oxygen atoms in total. The number of para-hydroxylation sites is 1. The second-order valence-corrected chi connectivity index (χ2v) is 6.68. The van der Waals surface area contributed by atoms with Crippen molar-refractivity contribution in [2.45, 2.75) is 25.5 Å². The second kappa shape index (κ2) is 9.19. The first-order chi connectivity index (χ1) is 12.7. The number of nitrogens with one attached hydrogen (secondary N) is 1. The molecule has 0 unspecified atom stereocenters. The number of likely N-dealkylation sites (tertiary alicyclic amines) is 1. The van der Waals surface area contributed by atoms with E-state index in [0.717, 1.165) is 50.3 Å². The molecule has 1 fully saturated rings. The van der Waals surface area contributed by atoms with E-state index in [1.807, 2.05) is 24.3 Å². The normalized spacial score (nSPS) is 15.8. The third-order valence-corrected chi connectivity index (χ3v) is 4.73. The summed E-state index contributed by atoms with van der Waals surface area (Å²) in [6, 6.07) is 18.1. The predicted molar refractivity (Wildman–Crippen MR) is 106 cm³/mol. The van der Waals surface area contributed by atoms with Crippen molar-refractivity contribution in [3.63, 3.8) is 0 Å². The molecule has 0 amide bonds. The van der Waals surface area contributed by atoms with Gasteiger partial charge in [0, 0.05) is 31.9 Å². The maximum absolute atomic E-state index is 9.65. The summed E-state index contributed by atoms with van der Waals surface area (Å²) in [6.45, 7) is 3.56. The van der Waals surface area contributed by atoms with Crippen molar-refractivity contribution in [3.05, 3.63) is 71.3 Å². The lowest BCUT2D eigenvalue weighted by Crippen LogP contribution is -2.35. The van der Waals surface area contributed by atoms with E-state index in [0.29, 0.717) is 5.56 Å². The molecule has 3 rings (SSSR count). The Morgan fingerprint density at radius 1 is 1.12 bits per heavy atom. The molecule has 2 N–H and O–H groups in total. The molecule has 2 aromatic rings. The quantitative estimate of drug-likeness (QED) is 0.837. The Balaban J connectivity index is 1.54. The molecular weight excluding hydrogens is 322 g/mol. The van der Waals surface area contributed by atoms with Crippen molar-refractivity contribution >= 4 is 11.8 Å². The van der Waals surface area contributed by atoms with Crippen LogP contribution in [-0.2, 0) is 6.54 Å². The van der Waals surface area contributed by atoms with Crippen molar-refractivity contribution in [2.75, 3.05) is 25.0 Å². The molecule has 1 aliphatic heterocycles. The van der Waals surface area contributed by atoms with Crippen LogP contribution in [0, 0.1) is 11.3 Å². The number of hydrogen-bond donors (Lipinski definition) is 2. The van der Waals surface area contributed by atoms with Crippen LogP contribution in [0.4, 0.5) is 5.69 Å². The zero-order valence-corrected chi connectivity index (χ0v) is 14.9. The number of nitrogens with zero attached hydrogens (tertiary/aromatic N) is 2. The van der Waals surface area contributed by atoms with Gasteiger partial charge in [0.05, 0.1) is 17.7 Å². The molecule has 26 heavy (non-hydrogen) atoms. The van der Waals surface area contributed by atoms with Crippen LogP contribution in [0.1, 0.15) is 29.5 Å². The van der Waals surface area contributed by atoms with Gasteiger partial charge in [-0.3, -0.25) is 4.90 Å². The van der Waals surface area contributed by atoms with E-state index in [9.17, 15) is 5.11 Å². The molecule has 1 saturated heterocycles. The van der Waals surface area contributed by atoms with Gasteiger partial charge in [0.15, 0.2) is 0 Å². The number of anilines is 1. The summed E-state index contributed by atoms with van der Waals surface area (Å²) in [4.78, 5) is 2.40. The minimum atomic E-state index is -0.132. The van der Waals surface area contributed by atoms with E-state index < -0.39 is 0 Å². The van der Waals surface area contributed by atoms with Gasteiger partial charge in [0.1, 0.15) is 0 Å². The molecule has 0 atom stereocenters.